The minimum Gasteiger partial charge on any atom is -0.493 e. The van der Waals surface area contributed by atoms with Gasteiger partial charge in [-0.1, -0.05) is 65.7 Å². The Kier molecular flexibility index (Phi) is 11.4. The number of carbonyl (C=O) groups is 2. The molecule has 6 rings (SSSR count). The van der Waals surface area contributed by atoms with Gasteiger partial charge in [-0.25, -0.2) is 9.59 Å². The first-order chi connectivity index (χ1) is 23.9. The number of para-hydroxylation sites is 1. The van der Waals surface area contributed by atoms with Gasteiger partial charge in [0.25, 0.3) is 0 Å². The second-order valence-electron chi connectivity index (χ2n) is 11.4. The number of hydrogen-bond donors (Lipinski definition) is 2. The molecule has 0 saturated carbocycles. The van der Waals surface area contributed by atoms with Gasteiger partial charge in [0.05, 0.1) is 23.8 Å². The van der Waals surface area contributed by atoms with Crippen molar-refractivity contribution in [3.63, 3.8) is 0 Å². The highest BCUT2D eigenvalue weighted by molar-refractivity contribution is 6.30. The van der Waals surface area contributed by atoms with Crippen molar-refractivity contribution in [3.05, 3.63) is 129 Å². The maximum Gasteiger partial charge on any atom is 0.416 e. The number of aliphatic imine (C=N–C) groups is 1. The van der Waals surface area contributed by atoms with Crippen LogP contribution in [0.15, 0.2) is 102 Å². The average molecular weight is 729 g/mol. The number of halogens is 5. The number of amidine groups is 1. The van der Waals surface area contributed by atoms with Crippen molar-refractivity contribution >= 4 is 46.8 Å². The summed E-state index contributed by atoms with van der Waals surface area (Å²) in [6.07, 6.45) is -5.69. The van der Waals surface area contributed by atoms with Crippen molar-refractivity contribution in [3.8, 4) is 5.75 Å². The number of anilines is 1. The van der Waals surface area contributed by atoms with Crippen molar-refractivity contribution in [2.45, 2.75) is 25.2 Å². The maximum atomic E-state index is 14.4. The van der Waals surface area contributed by atoms with Gasteiger partial charge in [-0.15, -0.1) is 0 Å². The Morgan fingerprint density at radius 1 is 0.860 bits per heavy atom. The molecule has 3 N–H and O–H groups in total. The third kappa shape index (κ3) is 8.43. The highest BCUT2D eigenvalue weighted by atomic mass is 35.5. The molecule has 1 saturated heterocycles. The number of piperazine rings is 1. The van der Waals surface area contributed by atoms with E-state index in [1.165, 1.54) is 20.8 Å². The molecule has 2 atom stereocenters. The number of carboxylic acid groups (broad SMARTS) is 1. The summed E-state index contributed by atoms with van der Waals surface area (Å²) in [5.41, 5.74) is 6.90. The molecule has 0 spiro atoms. The molecule has 2 unspecified atom stereocenters. The number of carbonyl (C=O) groups excluding carboxylic acids is 1. The Balaban J connectivity index is 0.000000619. The predicted octanol–water partition coefficient (Wildman–Crippen LogP) is 8.64. The van der Waals surface area contributed by atoms with E-state index < -0.39 is 35.9 Å². The lowest BCUT2D eigenvalue weighted by Gasteiger charge is -2.38. The van der Waals surface area contributed by atoms with Gasteiger partial charge in [-0.3, -0.25) is 9.89 Å². The lowest BCUT2D eigenvalue weighted by Crippen LogP contribution is -2.55. The van der Waals surface area contributed by atoms with Crippen molar-refractivity contribution in [1.82, 2.24) is 14.7 Å². The number of ether oxygens (including phenoxy) is 1. The first-order valence-corrected chi connectivity index (χ1v) is 16.4. The van der Waals surface area contributed by atoms with Crippen molar-refractivity contribution in [2.24, 2.45) is 4.99 Å². The summed E-state index contributed by atoms with van der Waals surface area (Å²) in [6.45, 7) is 2.20. The van der Waals surface area contributed by atoms with Gasteiger partial charge >= 0.3 is 18.3 Å². The van der Waals surface area contributed by atoms with Crippen LogP contribution in [0.25, 0.3) is 0 Å². The van der Waals surface area contributed by atoms with Crippen molar-refractivity contribution in [2.75, 3.05) is 38.5 Å². The fourth-order valence-electron chi connectivity index (χ4n) is 5.71. The topological polar surface area (TPSA) is 112 Å². The standard InChI is InChI=1S/C30H27Cl2F3N4O4.C6H7N/c1-2-43-24-17-20(30(33,34)35)7-12-23(24)27-36-25(18-3-8-21(31)9-4-18)26(19-5-10-22(32)11-6-19)39(27)28(40)37-13-15-38(16-14-37)29(41)42;7-6-4-2-1-3-5-6/h3-12,17,25-26H,2,13-16H2,1H3,(H,41,42);1-5H,7H2. The van der Waals surface area contributed by atoms with Gasteiger partial charge in [-0.05, 0) is 72.6 Å². The van der Waals surface area contributed by atoms with Crippen molar-refractivity contribution in [1.29, 1.82) is 0 Å². The van der Waals surface area contributed by atoms with Crippen LogP contribution in [0.2, 0.25) is 10.0 Å². The highest BCUT2D eigenvalue weighted by Crippen LogP contribution is 2.46. The lowest BCUT2D eigenvalue weighted by molar-refractivity contribution is -0.137. The Bertz CT molecular complexity index is 1820. The van der Waals surface area contributed by atoms with Crippen LogP contribution in [-0.4, -0.2) is 70.6 Å². The summed E-state index contributed by atoms with van der Waals surface area (Å²) in [4.78, 5) is 35.0. The number of nitrogens with zero attached hydrogens (tertiary/aromatic N) is 4. The number of rotatable bonds is 5. The molecule has 50 heavy (non-hydrogen) atoms. The van der Waals surface area contributed by atoms with Crippen LogP contribution in [0, 0.1) is 0 Å². The minimum atomic E-state index is -4.61. The molecule has 2 aliphatic heterocycles. The Labute approximate surface area is 297 Å². The molecule has 0 aliphatic carbocycles. The molecule has 14 heteroatoms. The molecule has 2 heterocycles. The number of amides is 3. The van der Waals surface area contributed by atoms with E-state index in [2.05, 4.69) is 0 Å². The summed E-state index contributed by atoms with van der Waals surface area (Å²) in [7, 11) is 0. The molecule has 0 bridgehead atoms. The second kappa shape index (κ2) is 15.7. The minimum absolute atomic E-state index is 0.0730. The normalized spacial score (nSPS) is 17.5. The Morgan fingerprint density at radius 2 is 1.42 bits per heavy atom. The van der Waals surface area contributed by atoms with Crippen LogP contribution in [-0.2, 0) is 6.18 Å². The highest BCUT2D eigenvalue weighted by Gasteiger charge is 2.45. The zero-order chi connectivity index (χ0) is 36.0. The lowest BCUT2D eigenvalue weighted by atomic mass is 9.93. The third-order valence-corrected chi connectivity index (χ3v) is 8.67. The van der Waals surface area contributed by atoms with E-state index in [0.717, 1.165) is 23.4 Å². The molecule has 262 valence electrons. The summed E-state index contributed by atoms with van der Waals surface area (Å²) >= 11 is 12.3. The number of nitrogens with two attached hydrogens (primary N) is 1. The number of hydrogen-bond acceptors (Lipinski definition) is 5. The zero-order valence-electron chi connectivity index (χ0n) is 26.9. The Hall–Kier alpha value is -4.94. The number of nitrogen functional groups attached to an aromatic ring is 1. The van der Waals surface area contributed by atoms with E-state index in [4.69, 9.17) is 38.7 Å². The zero-order valence-corrected chi connectivity index (χ0v) is 28.4. The van der Waals surface area contributed by atoms with Crippen LogP contribution in [0.3, 0.4) is 0 Å². The third-order valence-electron chi connectivity index (χ3n) is 8.17. The van der Waals surface area contributed by atoms with Crippen molar-refractivity contribution < 1.29 is 32.6 Å². The largest absolute Gasteiger partial charge is 0.493 e. The smallest absolute Gasteiger partial charge is 0.416 e. The van der Waals surface area contributed by atoms with Gasteiger partial charge in [0.2, 0.25) is 0 Å². The Morgan fingerprint density at radius 3 is 1.92 bits per heavy atom. The van der Waals surface area contributed by atoms with Gasteiger partial charge < -0.3 is 25.4 Å². The van der Waals surface area contributed by atoms with E-state index in [-0.39, 0.29) is 49.9 Å². The fraction of sp³-hybridized carbons (Fsp3) is 0.250. The summed E-state index contributed by atoms with van der Waals surface area (Å²) in [6, 6.07) is 24.6. The van der Waals surface area contributed by atoms with Gasteiger partial charge in [-0.2, -0.15) is 13.2 Å². The molecule has 2 aliphatic rings. The molecule has 0 aromatic heterocycles. The molecule has 4 aromatic rings. The molecule has 0 radical (unpaired) electrons. The first kappa shape index (κ1) is 36.3. The monoisotopic (exact) mass is 727 g/mol. The van der Waals surface area contributed by atoms with E-state index >= 15 is 0 Å². The molecule has 1 fully saturated rings. The maximum absolute atomic E-state index is 14.4. The molecular formula is C36H34Cl2F3N5O4. The van der Waals surface area contributed by atoms with Crippen LogP contribution in [0.5, 0.6) is 5.75 Å². The van der Waals surface area contributed by atoms with Crippen LogP contribution in [0.4, 0.5) is 28.4 Å². The fourth-order valence-corrected chi connectivity index (χ4v) is 5.96. The summed E-state index contributed by atoms with van der Waals surface area (Å²) in [5, 5.41) is 10.4. The van der Waals surface area contributed by atoms with E-state index in [0.29, 0.717) is 15.6 Å². The molecule has 4 aromatic carbocycles. The summed E-state index contributed by atoms with van der Waals surface area (Å²) in [5.74, 6) is 0.0546. The summed E-state index contributed by atoms with van der Waals surface area (Å²) < 4.78 is 46.7. The number of alkyl halides is 3. The predicted molar refractivity (Wildman–Crippen MR) is 187 cm³/mol. The molecular weight excluding hydrogens is 694 g/mol. The number of urea groups is 1. The van der Waals surface area contributed by atoms with E-state index in [1.807, 2.05) is 30.3 Å². The van der Waals surface area contributed by atoms with Gasteiger partial charge in [0, 0.05) is 41.9 Å². The second-order valence-corrected chi connectivity index (χ2v) is 12.3. The van der Waals surface area contributed by atoms with Gasteiger partial charge in [0.1, 0.15) is 17.6 Å². The quantitative estimate of drug-likeness (QED) is 0.200. The average Bonchev–Trinajstić information content (AvgIpc) is 3.49. The van der Waals surface area contributed by atoms with E-state index in [1.54, 1.807) is 55.5 Å². The first-order valence-electron chi connectivity index (χ1n) is 15.7. The molecule has 9 nitrogen and oxygen atoms in total. The van der Waals surface area contributed by atoms with Gasteiger partial charge in [0.15, 0.2) is 0 Å². The molecule has 3 amide bonds. The van der Waals surface area contributed by atoms with Crippen LogP contribution < -0.4 is 10.5 Å². The van der Waals surface area contributed by atoms with E-state index in [9.17, 15) is 27.9 Å². The van der Waals surface area contributed by atoms with Crippen LogP contribution >= 0.6 is 23.2 Å². The SMILES string of the molecule is CCOc1cc(C(F)(F)F)ccc1C1=NC(c2ccc(Cl)cc2)C(c2ccc(Cl)cc2)N1C(=O)N1CCN(C(=O)O)CC1.Nc1ccccc1. The number of benzene rings is 4. The van der Waals surface area contributed by atoms with Crippen LogP contribution in [0.1, 0.15) is 41.3 Å².